The van der Waals surface area contributed by atoms with Gasteiger partial charge in [-0.25, -0.2) is 0 Å². The topological polar surface area (TPSA) is 78.9 Å². The first-order valence-electron chi connectivity index (χ1n) is 25.8. The van der Waals surface area contributed by atoms with Crippen LogP contribution in [0.2, 0.25) is 0 Å². The summed E-state index contributed by atoms with van der Waals surface area (Å²) < 4.78 is 16.8. The summed E-state index contributed by atoms with van der Waals surface area (Å²) in [5.41, 5.74) is 0. The Morgan fingerprint density at radius 2 is 0.590 bits per heavy atom. The van der Waals surface area contributed by atoms with Crippen LogP contribution in [-0.2, 0) is 28.6 Å². The monoisotopic (exact) mass is 853 g/mol. The number of unbranched alkanes of at least 4 members (excludes halogenated alkanes) is 25. The average molecular weight is 853 g/mol. The molecule has 0 rings (SSSR count). The van der Waals surface area contributed by atoms with E-state index in [0.717, 1.165) is 109 Å². The highest BCUT2D eigenvalue weighted by Crippen LogP contribution is 2.13. The van der Waals surface area contributed by atoms with Gasteiger partial charge in [0.2, 0.25) is 0 Å². The maximum absolute atomic E-state index is 12.8. The molecular formula is C55H96O6. The van der Waals surface area contributed by atoms with Crippen LogP contribution in [0.1, 0.15) is 252 Å². The lowest BCUT2D eigenvalue weighted by molar-refractivity contribution is -0.167. The molecule has 6 nitrogen and oxygen atoms in total. The van der Waals surface area contributed by atoms with E-state index in [1.54, 1.807) is 0 Å². The van der Waals surface area contributed by atoms with E-state index in [-0.39, 0.29) is 31.1 Å². The highest BCUT2D eigenvalue weighted by atomic mass is 16.6. The predicted octanol–water partition coefficient (Wildman–Crippen LogP) is 16.9. The first-order valence-corrected chi connectivity index (χ1v) is 25.8. The fourth-order valence-corrected chi connectivity index (χ4v) is 7.03. The largest absolute Gasteiger partial charge is 0.462 e. The fraction of sp³-hybridized carbons (Fsp3) is 0.764. The Bertz CT molecular complexity index is 1120. The maximum Gasteiger partial charge on any atom is 0.306 e. The molecule has 1 unspecified atom stereocenters. The third-order valence-corrected chi connectivity index (χ3v) is 11.0. The van der Waals surface area contributed by atoms with Crippen LogP contribution in [0.4, 0.5) is 0 Å². The molecule has 0 aromatic carbocycles. The first kappa shape index (κ1) is 58.1. The van der Waals surface area contributed by atoms with Gasteiger partial charge >= 0.3 is 17.9 Å². The smallest absolute Gasteiger partial charge is 0.306 e. The standard InChI is InChI=1S/C55H96O6/c1-4-7-10-13-16-19-22-25-27-30-33-36-39-42-45-48-54(57)60-51-52(50-59-53(56)47-44-41-38-35-32-29-24-21-18-15-12-9-6-3)61-55(58)49-46-43-40-37-34-31-28-26-23-20-17-14-11-8-5-2/h16-17,19-21,24-28,52H,4-15,18,22-23,29-51H2,1-3H3/b19-16-,20-17-,24-21-,27-25-,28-26-. The highest BCUT2D eigenvalue weighted by molar-refractivity contribution is 5.71. The Morgan fingerprint density at radius 1 is 0.328 bits per heavy atom. The van der Waals surface area contributed by atoms with Crippen molar-refractivity contribution in [1.29, 1.82) is 0 Å². The van der Waals surface area contributed by atoms with Gasteiger partial charge in [0.05, 0.1) is 0 Å². The molecular weight excluding hydrogens is 757 g/mol. The van der Waals surface area contributed by atoms with Crippen LogP contribution >= 0.6 is 0 Å². The normalized spacial score (nSPS) is 12.5. The third-order valence-electron chi connectivity index (χ3n) is 11.0. The van der Waals surface area contributed by atoms with Crippen molar-refractivity contribution in [3.8, 4) is 0 Å². The summed E-state index contributed by atoms with van der Waals surface area (Å²) in [4.78, 5) is 37.9. The highest BCUT2D eigenvalue weighted by Gasteiger charge is 2.19. The molecule has 61 heavy (non-hydrogen) atoms. The van der Waals surface area contributed by atoms with E-state index >= 15 is 0 Å². The summed E-state index contributed by atoms with van der Waals surface area (Å²) >= 11 is 0. The van der Waals surface area contributed by atoms with Crippen LogP contribution in [0.15, 0.2) is 60.8 Å². The summed E-state index contributed by atoms with van der Waals surface area (Å²) in [5, 5.41) is 0. The Hall–Kier alpha value is -2.89. The molecule has 0 fully saturated rings. The number of ether oxygens (including phenoxy) is 3. The molecule has 0 bridgehead atoms. The van der Waals surface area contributed by atoms with Crippen molar-refractivity contribution in [3.63, 3.8) is 0 Å². The van der Waals surface area contributed by atoms with E-state index in [4.69, 9.17) is 14.2 Å². The Morgan fingerprint density at radius 3 is 0.951 bits per heavy atom. The van der Waals surface area contributed by atoms with Crippen LogP contribution in [0.25, 0.3) is 0 Å². The second kappa shape index (κ2) is 49.8. The van der Waals surface area contributed by atoms with Crippen LogP contribution in [0.3, 0.4) is 0 Å². The number of rotatable bonds is 46. The SMILES string of the molecule is CCCCC/C=C\C/C=C\CCCCCCCC(=O)OCC(COC(=O)CCCCCCC/C=C\CCCCCC)OC(=O)CCCCCCC/C=C\C/C=C\CCCCC. The lowest BCUT2D eigenvalue weighted by atomic mass is 10.1. The van der Waals surface area contributed by atoms with Gasteiger partial charge in [0, 0.05) is 19.3 Å². The second-order valence-corrected chi connectivity index (χ2v) is 17.1. The molecule has 0 aliphatic rings. The summed E-state index contributed by atoms with van der Waals surface area (Å²) in [6, 6.07) is 0. The number of carbonyl (C=O) groups is 3. The van der Waals surface area contributed by atoms with Crippen molar-refractivity contribution in [2.75, 3.05) is 13.2 Å². The van der Waals surface area contributed by atoms with Gasteiger partial charge in [-0.05, 0) is 109 Å². The van der Waals surface area contributed by atoms with E-state index in [0.29, 0.717) is 19.3 Å². The molecule has 0 spiro atoms. The minimum absolute atomic E-state index is 0.0888. The number of allylic oxidation sites excluding steroid dienone is 10. The van der Waals surface area contributed by atoms with Gasteiger partial charge in [-0.3, -0.25) is 14.4 Å². The molecule has 0 aromatic heterocycles. The van der Waals surface area contributed by atoms with Gasteiger partial charge in [-0.1, -0.05) is 184 Å². The molecule has 0 aromatic rings. The molecule has 0 aliphatic carbocycles. The van der Waals surface area contributed by atoms with Crippen molar-refractivity contribution < 1.29 is 28.6 Å². The lowest BCUT2D eigenvalue weighted by Gasteiger charge is -2.18. The van der Waals surface area contributed by atoms with Gasteiger partial charge < -0.3 is 14.2 Å². The molecule has 352 valence electrons. The maximum atomic E-state index is 12.8. The zero-order valence-corrected chi connectivity index (χ0v) is 40.2. The molecule has 0 N–H and O–H groups in total. The van der Waals surface area contributed by atoms with Crippen LogP contribution in [0, 0.1) is 0 Å². The summed E-state index contributed by atoms with van der Waals surface area (Å²) in [7, 11) is 0. The average Bonchev–Trinajstić information content (AvgIpc) is 3.26. The van der Waals surface area contributed by atoms with Gasteiger partial charge in [-0.15, -0.1) is 0 Å². The number of hydrogen-bond donors (Lipinski definition) is 0. The fourth-order valence-electron chi connectivity index (χ4n) is 7.03. The third kappa shape index (κ3) is 48.0. The van der Waals surface area contributed by atoms with Crippen molar-refractivity contribution in [2.24, 2.45) is 0 Å². The molecule has 0 aliphatic heterocycles. The molecule has 0 amide bonds. The predicted molar refractivity (Wildman–Crippen MR) is 261 cm³/mol. The van der Waals surface area contributed by atoms with E-state index < -0.39 is 6.10 Å². The van der Waals surface area contributed by atoms with Gasteiger partial charge in [-0.2, -0.15) is 0 Å². The number of hydrogen-bond acceptors (Lipinski definition) is 6. The van der Waals surface area contributed by atoms with E-state index in [1.165, 1.54) is 103 Å². The summed E-state index contributed by atoms with van der Waals surface area (Å²) in [6.07, 6.45) is 60.5. The lowest BCUT2D eigenvalue weighted by Crippen LogP contribution is -2.30. The number of esters is 3. The Kier molecular flexibility index (Phi) is 47.4. The zero-order valence-electron chi connectivity index (χ0n) is 40.2. The van der Waals surface area contributed by atoms with Gasteiger partial charge in [0.1, 0.15) is 13.2 Å². The van der Waals surface area contributed by atoms with Gasteiger partial charge in [0.15, 0.2) is 6.10 Å². The van der Waals surface area contributed by atoms with Crippen LogP contribution < -0.4 is 0 Å². The molecule has 0 heterocycles. The first-order chi connectivity index (χ1) is 30.0. The van der Waals surface area contributed by atoms with E-state index in [9.17, 15) is 14.4 Å². The van der Waals surface area contributed by atoms with Crippen LogP contribution in [-0.4, -0.2) is 37.2 Å². The summed E-state index contributed by atoms with van der Waals surface area (Å²) in [6.45, 7) is 6.54. The molecule has 0 saturated carbocycles. The molecule has 1 atom stereocenters. The van der Waals surface area contributed by atoms with E-state index in [2.05, 4.69) is 81.5 Å². The van der Waals surface area contributed by atoms with Crippen LogP contribution in [0.5, 0.6) is 0 Å². The minimum Gasteiger partial charge on any atom is -0.462 e. The van der Waals surface area contributed by atoms with Gasteiger partial charge in [0.25, 0.3) is 0 Å². The van der Waals surface area contributed by atoms with Crippen molar-refractivity contribution in [2.45, 2.75) is 258 Å². The Balaban J connectivity index is 4.44. The summed E-state index contributed by atoms with van der Waals surface area (Å²) in [5.74, 6) is -0.922. The second-order valence-electron chi connectivity index (χ2n) is 17.1. The quantitative estimate of drug-likeness (QED) is 0.0263. The molecule has 0 radical (unpaired) electrons. The molecule has 6 heteroatoms. The van der Waals surface area contributed by atoms with Crippen molar-refractivity contribution >= 4 is 17.9 Å². The Labute approximate surface area is 377 Å². The number of carbonyl (C=O) groups excluding carboxylic acids is 3. The van der Waals surface area contributed by atoms with Crippen molar-refractivity contribution in [3.05, 3.63) is 60.8 Å². The molecule has 0 saturated heterocycles. The minimum atomic E-state index is -0.789. The van der Waals surface area contributed by atoms with Crippen molar-refractivity contribution in [1.82, 2.24) is 0 Å². The van der Waals surface area contributed by atoms with E-state index in [1.807, 2.05) is 0 Å². The zero-order chi connectivity index (χ0) is 44.4.